The van der Waals surface area contributed by atoms with Crippen LogP contribution in [-0.4, -0.2) is 66.7 Å². The zero-order chi connectivity index (χ0) is 42.7. The van der Waals surface area contributed by atoms with Gasteiger partial charge in [-0.1, -0.05) is 99.3 Å². The third-order valence-electron chi connectivity index (χ3n) is 10.1. The van der Waals surface area contributed by atoms with Crippen LogP contribution in [-0.2, 0) is 4.57 Å². The molecule has 0 unspecified atom stereocenters. The summed E-state index contributed by atoms with van der Waals surface area (Å²) in [6.45, 7) is 6.92. The highest BCUT2D eigenvalue weighted by molar-refractivity contribution is 7.70. The maximum Gasteiger partial charge on any atom is 0.287 e. The van der Waals surface area contributed by atoms with E-state index in [2.05, 4.69) is 25.1 Å². The first-order valence-corrected chi connectivity index (χ1v) is 21.9. The van der Waals surface area contributed by atoms with Crippen molar-refractivity contribution < 1.29 is 22.9 Å². The fourth-order valence-electron chi connectivity index (χ4n) is 7.38. The summed E-state index contributed by atoms with van der Waals surface area (Å²) in [5.41, 5.74) is 7.34. The molecule has 0 amide bonds. The lowest BCUT2D eigenvalue weighted by Gasteiger charge is -2.11. The van der Waals surface area contributed by atoms with Gasteiger partial charge in [-0.3, -0.25) is 19.8 Å². The highest BCUT2D eigenvalue weighted by Crippen LogP contribution is 2.39. The van der Waals surface area contributed by atoms with Gasteiger partial charge in [0.2, 0.25) is 11.8 Å². The number of nitrogens with zero attached hydrogens (tertiary/aromatic N) is 6. The van der Waals surface area contributed by atoms with Gasteiger partial charge in [-0.25, -0.2) is 29.0 Å². The molecule has 0 spiro atoms. The van der Waals surface area contributed by atoms with E-state index in [4.69, 9.17) is 34.9 Å². The third-order valence-corrected chi connectivity index (χ3v) is 11.7. The summed E-state index contributed by atoms with van der Waals surface area (Å²) in [7, 11) is 0.0987. The number of aryl methyl sites for hydroxylation is 2. The molecule has 2 N–H and O–H groups in total. The summed E-state index contributed by atoms with van der Waals surface area (Å²) in [6.07, 6.45) is 0. The summed E-state index contributed by atoms with van der Waals surface area (Å²) in [6, 6.07) is 29.9. The van der Waals surface area contributed by atoms with E-state index in [0.717, 1.165) is 33.6 Å². The Morgan fingerprint density at radius 2 is 1.02 bits per heavy atom. The fourth-order valence-corrected chi connectivity index (χ4v) is 8.68. The molecular formula is C46H44ClN8O7P. The van der Waals surface area contributed by atoms with E-state index in [1.807, 2.05) is 74.5 Å². The average Bonchev–Trinajstić information content (AvgIpc) is 4.03. The van der Waals surface area contributed by atoms with E-state index in [-0.39, 0.29) is 48.3 Å². The van der Waals surface area contributed by atoms with E-state index in [1.165, 1.54) is 16.1 Å². The minimum atomic E-state index is -2.99. The second kappa shape index (κ2) is 16.9. The number of hydrogen-bond acceptors (Lipinski definition) is 11. The Hall–Kier alpha value is -7.22. The molecule has 6 aromatic heterocycles. The molecule has 0 fully saturated rings. The lowest BCUT2D eigenvalue weighted by molar-refractivity contribution is 0.419. The Balaban J connectivity index is 0.000000184. The van der Waals surface area contributed by atoms with Crippen LogP contribution in [0.1, 0.15) is 26.2 Å². The van der Waals surface area contributed by atoms with Crippen LogP contribution < -0.4 is 26.0 Å². The van der Waals surface area contributed by atoms with Crippen LogP contribution in [0.25, 0.3) is 78.7 Å². The molecule has 10 rings (SSSR count). The summed E-state index contributed by atoms with van der Waals surface area (Å²) < 4.78 is 38.4. The van der Waals surface area contributed by atoms with Crippen molar-refractivity contribution in [2.24, 2.45) is 0 Å². The zero-order valence-electron chi connectivity index (χ0n) is 33.6. The maximum atomic E-state index is 13.7. The van der Waals surface area contributed by atoms with E-state index in [0.29, 0.717) is 45.0 Å². The van der Waals surface area contributed by atoms with Gasteiger partial charge in [-0.15, -0.1) is 0 Å². The minimum Gasteiger partial charge on any atom is -0.494 e. The van der Waals surface area contributed by atoms with Gasteiger partial charge < -0.3 is 22.9 Å². The molecule has 0 bridgehead atoms. The molecule has 10 aromatic rings. The van der Waals surface area contributed by atoms with Gasteiger partial charge >= 0.3 is 0 Å². The summed E-state index contributed by atoms with van der Waals surface area (Å²) >= 11 is 6.44. The first-order valence-electron chi connectivity index (χ1n) is 18.9. The number of nitrogens with one attached hydrogen (secondary N) is 2. The monoisotopic (exact) mass is 886 g/mol. The number of aromatic amines is 2. The number of ether oxygens (including phenoxy) is 2. The Morgan fingerprint density at radius 1 is 0.587 bits per heavy atom. The largest absolute Gasteiger partial charge is 0.494 e. The first-order chi connectivity index (χ1) is 29.4. The van der Waals surface area contributed by atoms with Gasteiger partial charge in [0.25, 0.3) is 11.1 Å². The van der Waals surface area contributed by atoms with Crippen LogP contribution >= 0.6 is 18.7 Å². The molecule has 0 aliphatic heterocycles. The normalized spacial score (nSPS) is 11.3. The maximum absolute atomic E-state index is 13.7. The van der Waals surface area contributed by atoms with Crippen molar-refractivity contribution in [3.05, 3.63) is 134 Å². The number of fused-ring (bicyclic) bond motifs is 4. The first kappa shape index (κ1) is 43.9. The van der Waals surface area contributed by atoms with Crippen molar-refractivity contribution in [1.29, 1.82) is 0 Å². The molecule has 17 heteroatoms. The number of oxazole rings is 2. The van der Waals surface area contributed by atoms with E-state index < -0.39 is 18.3 Å². The fraction of sp³-hybridized carbons (Fsp3) is 0.174. The van der Waals surface area contributed by atoms with Crippen molar-refractivity contribution in [2.75, 3.05) is 27.5 Å². The van der Waals surface area contributed by atoms with Gasteiger partial charge in [-0.05, 0) is 62.6 Å². The molecule has 0 aliphatic carbocycles. The van der Waals surface area contributed by atoms with Crippen molar-refractivity contribution in [3.8, 4) is 56.7 Å². The average molecular weight is 887 g/mol. The zero-order valence-corrected chi connectivity index (χ0v) is 35.3. The molecule has 0 saturated carbocycles. The summed E-state index contributed by atoms with van der Waals surface area (Å²) in [5, 5.41) is 6.20. The highest BCUT2D eigenvalue weighted by Gasteiger charge is 2.30. The van der Waals surface area contributed by atoms with Crippen molar-refractivity contribution in [2.45, 2.75) is 28.7 Å². The van der Waals surface area contributed by atoms with Crippen LogP contribution in [0.3, 0.4) is 0 Å². The minimum absolute atomic E-state index is 0. The predicted octanol–water partition coefficient (Wildman–Crippen LogP) is 9.80. The molecule has 0 radical (unpaired) electrons. The molecule has 15 nitrogen and oxygen atoms in total. The number of para-hydroxylation sites is 2. The molecule has 63 heavy (non-hydrogen) atoms. The SMILES string of the molecule is C.C.COc1cccc2oc(-c3c(Cl)nc4c(-c5ccccc5)c(C)[nH]n4c3=O)nc12.COc1cccc2oc(-c3c(P(C)(C)=O)nc4c(-c5ccccc5)c(C)[nH]n4c3=O)nc12. The van der Waals surface area contributed by atoms with Crippen LogP contribution in [0.2, 0.25) is 5.15 Å². The van der Waals surface area contributed by atoms with Gasteiger partial charge in [0.05, 0.1) is 14.2 Å². The molecule has 322 valence electrons. The third kappa shape index (κ3) is 7.49. The van der Waals surface area contributed by atoms with Gasteiger partial charge in [0.1, 0.15) is 40.4 Å². The summed E-state index contributed by atoms with van der Waals surface area (Å²) in [4.78, 5) is 45.1. The van der Waals surface area contributed by atoms with Gasteiger partial charge in [0.15, 0.2) is 33.5 Å². The molecule has 6 heterocycles. The van der Waals surface area contributed by atoms with Crippen LogP contribution in [0.5, 0.6) is 11.5 Å². The van der Waals surface area contributed by atoms with Gasteiger partial charge in [0, 0.05) is 22.5 Å². The number of benzene rings is 4. The quantitative estimate of drug-likeness (QED) is 0.115. The van der Waals surface area contributed by atoms with Gasteiger partial charge in [-0.2, -0.15) is 0 Å². The molecular weight excluding hydrogens is 843 g/mol. The number of H-pyrrole nitrogens is 2. The smallest absolute Gasteiger partial charge is 0.287 e. The molecule has 4 aromatic carbocycles. The number of halogens is 1. The standard InChI is InChI=1S/C23H21N4O4P.C21H15ClN4O3.2CH4/c1-13-17(14-9-6-5-7-10-14)20-25-22(32(3,4)29)18(23(28)27(20)26-13)21-24-19-15(30-2)11-8-12-16(19)31-21;1-11-15(12-7-4-3-5-8-12)19-24-18(22)16(21(27)26(19)25-11)20-23-17-13(28-2)9-6-10-14(17)29-20;;/h5-12,26H,1-4H3;3-10,25H,1-2H3;2*1H4. The highest BCUT2D eigenvalue weighted by atomic mass is 35.5. The Morgan fingerprint density at radius 3 is 1.46 bits per heavy atom. The van der Waals surface area contributed by atoms with E-state index in [1.54, 1.807) is 56.8 Å². The van der Waals surface area contributed by atoms with Crippen LogP contribution in [0.4, 0.5) is 0 Å². The topological polar surface area (TPSA) is 188 Å². The Kier molecular flexibility index (Phi) is 11.8. The van der Waals surface area contributed by atoms with Crippen molar-refractivity contribution in [3.63, 3.8) is 0 Å². The number of rotatable bonds is 7. The predicted molar refractivity (Wildman–Crippen MR) is 249 cm³/mol. The second-order valence-electron chi connectivity index (χ2n) is 14.5. The number of methoxy groups -OCH3 is 2. The number of hydrogen-bond donors (Lipinski definition) is 2. The second-order valence-corrected chi connectivity index (χ2v) is 18.0. The van der Waals surface area contributed by atoms with Crippen molar-refractivity contribution >= 4 is 57.7 Å². The number of aromatic nitrogens is 8. The van der Waals surface area contributed by atoms with E-state index >= 15 is 0 Å². The van der Waals surface area contributed by atoms with Crippen LogP contribution in [0.15, 0.2) is 115 Å². The Bertz CT molecular complexity index is 3490. The summed E-state index contributed by atoms with van der Waals surface area (Å²) in [5.74, 6) is 1.22. The molecule has 0 saturated heterocycles. The van der Waals surface area contributed by atoms with Crippen LogP contribution in [0, 0.1) is 13.8 Å². The molecule has 0 aliphatic rings. The lowest BCUT2D eigenvalue weighted by atomic mass is 10.1. The molecule has 0 atom stereocenters. The lowest BCUT2D eigenvalue weighted by Crippen LogP contribution is -2.28. The van der Waals surface area contributed by atoms with E-state index in [9.17, 15) is 14.2 Å². The Labute approximate surface area is 365 Å². The van der Waals surface area contributed by atoms with Crippen molar-refractivity contribution in [1.82, 2.24) is 39.2 Å².